The van der Waals surface area contributed by atoms with Crippen molar-refractivity contribution in [1.29, 1.82) is 0 Å². The molecule has 4 heterocycles. The van der Waals surface area contributed by atoms with Crippen molar-refractivity contribution in [3.63, 3.8) is 0 Å². The van der Waals surface area contributed by atoms with E-state index < -0.39 is 11.9 Å². The first-order chi connectivity index (χ1) is 15.3. The molecule has 5 nitrogen and oxygen atoms in total. The first-order valence-electron chi connectivity index (χ1n) is 10.4. The van der Waals surface area contributed by atoms with Crippen LogP contribution in [0.2, 0.25) is 0 Å². The minimum absolute atomic E-state index is 0.553. The van der Waals surface area contributed by atoms with Crippen molar-refractivity contribution >= 4 is 16.9 Å². The number of aromatic amines is 1. The lowest BCUT2D eigenvalue weighted by molar-refractivity contribution is -0.141. The largest absolute Gasteiger partial charge is 0.433 e. The molecule has 0 atom stereocenters. The van der Waals surface area contributed by atoms with Gasteiger partial charge in [-0.05, 0) is 53.8 Å². The Kier molecular flexibility index (Phi) is 8.75. The van der Waals surface area contributed by atoms with E-state index in [9.17, 15) is 13.2 Å². The SMILES string of the molecule is CC.CCc1cnc2[nH]cc(Cc3ccc(N)nc3)c2c1.Cc1ccc(C(F)(F)F)nc1. The lowest BCUT2D eigenvalue weighted by Gasteiger charge is -2.03. The van der Waals surface area contributed by atoms with Crippen molar-refractivity contribution in [2.45, 2.75) is 46.7 Å². The highest BCUT2D eigenvalue weighted by atomic mass is 19.4. The second-order valence-electron chi connectivity index (χ2n) is 6.89. The van der Waals surface area contributed by atoms with E-state index in [-0.39, 0.29) is 0 Å². The third-order valence-corrected chi connectivity index (χ3v) is 4.53. The summed E-state index contributed by atoms with van der Waals surface area (Å²) in [7, 11) is 0. The van der Waals surface area contributed by atoms with Gasteiger partial charge in [-0.1, -0.05) is 32.9 Å². The first-order valence-corrected chi connectivity index (χ1v) is 10.4. The predicted octanol–water partition coefficient (Wildman–Crippen LogP) is 6.13. The molecule has 32 heavy (non-hydrogen) atoms. The Bertz CT molecular complexity index is 1100. The summed E-state index contributed by atoms with van der Waals surface area (Å²) in [5.74, 6) is 0.553. The fourth-order valence-electron chi connectivity index (χ4n) is 2.84. The lowest BCUT2D eigenvalue weighted by Crippen LogP contribution is -2.07. The number of pyridine rings is 3. The number of rotatable bonds is 3. The smallest absolute Gasteiger partial charge is 0.384 e. The van der Waals surface area contributed by atoms with Gasteiger partial charge in [0.05, 0.1) is 0 Å². The number of alkyl halides is 3. The van der Waals surface area contributed by atoms with Crippen molar-refractivity contribution in [1.82, 2.24) is 19.9 Å². The number of aromatic nitrogens is 4. The number of nitrogen functional groups attached to an aromatic ring is 1. The number of nitrogens with one attached hydrogen (secondary N) is 1. The van der Waals surface area contributed by atoms with Gasteiger partial charge in [-0.15, -0.1) is 0 Å². The zero-order valence-corrected chi connectivity index (χ0v) is 18.7. The minimum atomic E-state index is -4.33. The Hall–Kier alpha value is -3.42. The summed E-state index contributed by atoms with van der Waals surface area (Å²) >= 11 is 0. The number of anilines is 1. The maximum Gasteiger partial charge on any atom is 0.433 e. The standard InChI is InChI=1S/C15H16N4.C7H6F3N.C2H6/c1-2-10-6-13-12(9-19-15(13)18-7-10)5-11-3-4-14(16)17-8-11;1-5-2-3-6(11-4-5)7(8,9)10;1-2/h3-4,6-9H,2,5H2,1H3,(H2,16,17)(H,18,19);2-4H,1H3;1-2H3. The van der Waals surface area contributed by atoms with Gasteiger partial charge in [-0.2, -0.15) is 13.2 Å². The molecule has 0 aliphatic rings. The second kappa shape index (κ2) is 11.3. The Morgan fingerprint density at radius 1 is 0.938 bits per heavy atom. The van der Waals surface area contributed by atoms with E-state index in [4.69, 9.17) is 5.73 Å². The van der Waals surface area contributed by atoms with Crippen LogP contribution in [0.5, 0.6) is 0 Å². The number of hydrogen-bond donors (Lipinski definition) is 2. The van der Waals surface area contributed by atoms with Crippen LogP contribution in [-0.4, -0.2) is 19.9 Å². The molecule has 4 aromatic heterocycles. The summed E-state index contributed by atoms with van der Waals surface area (Å²) in [5, 5.41) is 1.19. The maximum atomic E-state index is 11.9. The lowest BCUT2D eigenvalue weighted by atomic mass is 10.1. The van der Waals surface area contributed by atoms with Gasteiger partial charge in [0, 0.05) is 36.6 Å². The molecule has 0 bridgehead atoms. The van der Waals surface area contributed by atoms with Crippen LogP contribution in [0.1, 0.15) is 48.7 Å². The van der Waals surface area contributed by atoms with Crippen LogP contribution in [0.15, 0.2) is 55.1 Å². The average Bonchev–Trinajstić information content (AvgIpc) is 3.18. The molecule has 0 amide bonds. The number of hydrogen-bond acceptors (Lipinski definition) is 4. The van der Waals surface area contributed by atoms with Gasteiger partial charge in [0.25, 0.3) is 0 Å². The van der Waals surface area contributed by atoms with Crippen LogP contribution in [-0.2, 0) is 19.0 Å². The Morgan fingerprint density at radius 2 is 1.66 bits per heavy atom. The van der Waals surface area contributed by atoms with Crippen LogP contribution in [0.4, 0.5) is 19.0 Å². The van der Waals surface area contributed by atoms with Crippen molar-refractivity contribution < 1.29 is 13.2 Å². The summed E-state index contributed by atoms with van der Waals surface area (Å²) in [5.41, 5.74) is 10.1. The van der Waals surface area contributed by atoms with Gasteiger partial charge in [-0.3, -0.25) is 4.98 Å². The van der Waals surface area contributed by atoms with Crippen molar-refractivity contribution in [3.8, 4) is 0 Å². The summed E-state index contributed by atoms with van der Waals surface area (Å²) < 4.78 is 35.6. The van der Waals surface area contributed by atoms with Crippen LogP contribution in [0.3, 0.4) is 0 Å². The number of nitrogens with zero attached hydrogens (tertiary/aromatic N) is 3. The molecule has 4 rings (SSSR count). The third-order valence-electron chi connectivity index (χ3n) is 4.53. The molecule has 0 unspecified atom stereocenters. The zero-order valence-electron chi connectivity index (χ0n) is 18.7. The maximum absolute atomic E-state index is 11.9. The molecule has 170 valence electrons. The van der Waals surface area contributed by atoms with E-state index >= 15 is 0 Å². The van der Waals surface area contributed by atoms with Crippen LogP contribution in [0, 0.1) is 6.92 Å². The molecule has 0 fully saturated rings. The highest BCUT2D eigenvalue weighted by molar-refractivity contribution is 5.80. The van der Waals surface area contributed by atoms with Crippen molar-refractivity contribution in [3.05, 3.63) is 83.1 Å². The Morgan fingerprint density at radius 3 is 2.22 bits per heavy atom. The molecule has 0 aliphatic carbocycles. The van der Waals surface area contributed by atoms with E-state index in [0.29, 0.717) is 5.82 Å². The van der Waals surface area contributed by atoms with Gasteiger partial charge in [0.2, 0.25) is 0 Å². The van der Waals surface area contributed by atoms with Gasteiger partial charge in [-0.25, -0.2) is 9.97 Å². The quantitative estimate of drug-likeness (QED) is 0.399. The summed E-state index contributed by atoms with van der Waals surface area (Å²) in [6.07, 6.45) is 4.47. The molecular formula is C24H28F3N5. The minimum Gasteiger partial charge on any atom is -0.384 e. The van der Waals surface area contributed by atoms with E-state index in [2.05, 4.69) is 32.9 Å². The first kappa shape index (κ1) is 24.8. The van der Waals surface area contributed by atoms with Crippen molar-refractivity contribution in [2.75, 3.05) is 5.73 Å². The number of aryl methyl sites for hydroxylation is 2. The monoisotopic (exact) mass is 443 g/mol. The summed E-state index contributed by atoms with van der Waals surface area (Å²) in [4.78, 5) is 15.0. The molecular weight excluding hydrogens is 415 g/mol. The number of fused-ring (bicyclic) bond motifs is 1. The van der Waals surface area contributed by atoms with Gasteiger partial charge in [0.15, 0.2) is 0 Å². The second-order valence-corrected chi connectivity index (χ2v) is 6.89. The van der Waals surface area contributed by atoms with Crippen molar-refractivity contribution in [2.24, 2.45) is 0 Å². The molecule has 0 aromatic carbocycles. The van der Waals surface area contributed by atoms with Gasteiger partial charge in [0.1, 0.15) is 17.2 Å². The van der Waals surface area contributed by atoms with Crippen LogP contribution >= 0.6 is 0 Å². The van der Waals surface area contributed by atoms with E-state index in [1.807, 2.05) is 44.6 Å². The zero-order chi connectivity index (χ0) is 23.7. The molecule has 4 aromatic rings. The van der Waals surface area contributed by atoms with E-state index in [0.717, 1.165) is 35.7 Å². The molecule has 3 N–H and O–H groups in total. The molecule has 8 heteroatoms. The number of nitrogens with two attached hydrogens (primary N) is 1. The highest BCUT2D eigenvalue weighted by Gasteiger charge is 2.31. The third kappa shape index (κ3) is 6.80. The molecule has 0 saturated carbocycles. The molecule has 0 aliphatic heterocycles. The highest BCUT2D eigenvalue weighted by Crippen LogP contribution is 2.27. The summed E-state index contributed by atoms with van der Waals surface area (Å²) in [6, 6.07) is 8.40. The predicted molar refractivity (Wildman–Crippen MR) is 122 cm³/mol. The van der Waals surface area contributed by atoms with Gasteiger partial charge >= 0.3 is 6.18 Å². The molecule has 0 radical (unpaired) electrons. The Labute approximate surface area is 185 Å². The topological polar surface area (TPSA) is 80.5 Å². The van der Waals surface area contributed by atoms with Gasteiger partial charge < -0.3 is 10.7 Å². The fourth-order valence-corrected chi connectivity index (χ4v) is 2.84. The van der Waals surface area contributed by atoms with Crippen LogP contribution < -0.4 is 5.73 Å². The van der Waals surface area contributed by atoms with Crippen LogP contribution in [0.25, 0.3) is 11.0 Å². The molecule has 0 spiro atoms. The van der Waals surface area contributed by atoms with E-state index in [1.165, 1.54) is 28.8 Å². The normalized spacial score (nSPS) is 10.7. The van der Waals surface area contributed by atoms with E-state index in [1.54, 1.807) is 6.92 Å². The Balaban J connectivity index is 0.000000239. The molecule has 0 saturated heterocycles. The summed E-state index contributed by atoms with van der Waals surface area (Å²) in [6.45, 7) is 7.83. The number of halogens is 3. The fraction of sp³-hybridized carbons (Fsp3) is 0.292. The average molecular weight is 444 g/mol. The number of H-pyrrole nitrogens is 1.